The fourth-order valence-electron chi connectivity index (χ4n) is 4.99. The molecule has 2 N–H and O–H groups in total. The van der Waals surface area contributed by atoms with Crippen LogP contribution < -0.4 is 5.32 Å². The Balaban J connectivity index is 1.36. The lowest BCUT2D eigenvalue weighted by molar-refractivity contribution is -0.139. The molecule has 4 rings (SSSR count). The van der Waals surface area contributed by atoms with Gasteiger partial charge in [-0.25, -0.2) is 4.79 Å². The van der Waals surface area contributed by atoms with Crippen molar-refractivity contribution in [2.75, 3.05) is 39.3 Å². The monoisotopic (exact) mass is 479 g/mol. The van der Waals surface area contributed by atoms with Crippen molar-refractivity contribution in [1.82, 2.24) is 15.1 Å². The Bertz CT molecular complexity index is 1020. The van der Waals surface area contributed by atoms with Gasteiger partial charge in [-0.1, -0.05) is 68.3 Å². The first-order chi connectivity index (χ1) is 17.0. The van der Waals surface area contributed by atoms with Crippen molar-refractivity contribution in [3.05, 3.63) is 59.7 Å². The zero-order valence-corrected chi connectivity index (χ0v) is 20.1. The van der Waals surface area contributed by atoms with Crippen molar-refractivity contribution in [3.8, 4) is 11.1 Å². The SMILES string of the molecule is CCCCC(NC(=O)OCC1c2ccccc2-c2ccccc21)C(=O)N1CCN(CC(=O)O)CC1. The minimum Gasteiger partial charge on any atom is -0.480 e. The number of carboxylic acids is 1. The van der Waals surface area contributed by atoms with Crippen molar-refractivity contribution in [2.24, 2.45) is 0 Å². The summed E-state index contributed by atoms with van der Waals surface area (Å²) in [4.78, 5) is 40.4. The quantitative estimate of drug-likeness (QED) is 0.573. The number of piperazine rings is 1. The van der Waals surface area contributed by atoms with Gasteiger partial charge in [0.1, 0.15) is 12.6 Å². The van der Waals surface area contributed by atoms with Crippen molar-refractivity contribution in [3.63, 3.8) is 0 Å². The minimum absolute atomic E-state index is 0.0285. The molecular formula is C27H33N3O5. The summed E-state index contributed by atoms with van der Waals surface area (Å²) in [5.41, 5.74) is 4.60. The van der Waals surface area contributed by atoms with Gasteiger partial charge in [0.2, 0.25) is 5.91 Å². The van der Waals surface area contributed by atoms with E-state index >= 15 is 0 Å². The number of benzene rings is 2. The van der Waals surface area contributed by atoms with Crippen LogP contribution in [0.4, 0.5) is 4.79 Å². The van der Waals surface area contributed by atoms with Crippen LogP contribution in [0.3, 0.4) is 0 Å². The van der Waals surface area contributed by atoms with Crippen LogP contribution in [-0.4, -0.2) is 78.2 Å². The maximum absolute atomic E-state index is 13.2. The highest BCUT2D eigenvalue weighted by molar-refractivity contribution is 5.86. The number of unbranched alkanes of at least 4 members (excludes halogenated alkanes) is 1. The van der Waals surface area contributed by atoms with Gasteiger partial charge < -0.3 is 20.1 Å². The summed E-state index contributed by atoms with van der Waals surface area (Å²) in [6.45, 7) is 4.11. The van der Waals surface area contributed by atoms with Gasteiger partial charge in [-0.2, -0.15) is 0 Å². The van der Waals surface area contributed by atoms with Gasteiger partial charge in [0.05, 0.1) is 6.54 Å². The third-order valence-electron chi connectivity index (χ3n) is 6.82. The van der Waals surface area contributed by atoms with E-state index in [1.54, 1.807) is 4.90 Å². The van der Waals surface area contributed by atoms with Crippen LogP contribution in [0.5, 0.6) is 0 Å². The zero-order chi connectivity index (χ0) is 24.8. The number of ether oxygens (including phenoxy) is 1. The summed E-state index contributed by atoms with van der Waals surface area (Å²) in [5.74, 6) is -1.05. The number of fused-ring (bicyclic) bond motifs is 3. The Labute approximate surface area is 205 Å². The van der Waals surface area contributed by atoms with Gasteiger partial charge in [0.15, 0.2) is 0 Å². The molecule has 0 spiro atoms. The second-order valence-electron chi connectivity index (χ2n) is 9.16. The molecule has 2 amide bonds. The van der Waals surface area contributed by atoms with Crippen molar-refractivity contribution in [2.45, 2.75) is 38.1 Å². The van der Waals surface area contributed by atoms with E-state index in [2.05, 4.69) is 29.6 Å². The number of carbonyl (C=O) groups excluding carboxylic acids is 2. The lowest BCUT2D eigenvalue weighted by Crippen LogP contribution is -2.55. The van der Waals surface area contributed by atoms with Crippen LogP contribution in [-0.2, 0) is 14.3 Å². The van der Waals surface area contributed by atoms with E-state index in [0.29, 0.717) is 32.6 Å². The molecule has 8 nitrogen and oxygen atoms in total. The highest BCUT2D eigenvalue weighted by Gasteiger charge is 2.31. The van der Waals surface area contributed by atoms with Gasteiger partial charge in [0, 0.05) is 32.1 Å². The van der Waals surface area contributed by atoms with Crippen LogP contribution in [0.2, 0.25) is 0 Å². The molecule has 1 fully saturated rings. The molecule has 0 bridgehead atoms. The van der Waals surface area contributed by atoms with Gasteiger partial charge in [-0.15, -0.1) is 0 Å². The molecule has 186 valence electrons. The second kappa shape index (κ2) is 11.4. The first-order valence-electron chi connectivity index (χ1n) is 12.3. The molecule has 1 atom stereocenters. The van der Waals surface area contributed by atoms with Crippen molar-refractivity contribution < 1.29 is 24.2 Å². The third-order valence-corrected chi connectivity index (χ3v) is 6.82. The second-order valence-corrected chi connectivity index (χ2v) is 9.16. The molecule has 0 aromatic heterocycles. The summed E-state index contributed by atoms with van der Waals surface area (Å²) in [5, 5.41) is 11.8. The molecular weight excluding hydrogens is 446 g/mol. The predicted octanol–water partition coefficient (Wildman–Crippen LogP) is 3.31. The summed E-state index contributed by atoms with van der Waals surface area (Å²) >= 11 is 0. The number of carbonyl (C=O) groups is 3. The van der Waals surface area contributed by atoms with Gasteiger partial charge in [0.25, 0.3) is 0 Å². The highest BCUT2D eigenvalue weighted by Crippen LogP contribution is 2.44. The van der Waals surface area contributed by atoms with Gasteiger partial charge >= 0.3 is 12.1 Å². The fraction of sp³-hybridized carbons (Fsp3) is 0.444. The van der Waals surface area contributed by atoms with Crippen LogP contribution in [0.1, 0.15) is 43.2 Å². The van der Waals surface area contributed by atoms with E-state index in [1.807, 2.05) is 36.1 Å². The number of aliphatic carboxylic acids is 1. The number of hydrogen-bond donors (Lipinski definition) is 2. The molecule has 1 unspecified atom stereocenters. The van der Waals surface area contributed by atoms with Crippen molar-refractivity contribution in [1.29, 1.82) is 0 Å². The largest absolute Gasteiger partial charge is 0.480 e. The lowest BCUT2D eigenvalue weighted by Gasteiger charge is -2.35. The summed E-state index contributed by atoms with van der Waals surface area (Å²) in [6.07, 6.45) is 1.65. The van der Waals surface area contributed by atoms with E-state index in [4.69, 9.17) is 9.84 Å². The van der Waals surface area contributed by atoms with E-state index in [1.165, 1.54) is 0 Å². The average molecular weight is 480 g/mol. The summed E-state index contributed by atoms with van der Waals surface area (Å²) in [6, 6.07) is 15.7. The van der Waals surface area contributed by atoms with Crippen molar-refractivity contribution >= 4 is 18.0 Å². The maximum atomic E-state index is 13.2. The topological polar surface area (TPSA) is 99.2 Å². The molecule has 8 heteroatoms. The van der Waals surface area contributed by atoms with E-state index in [9.17, 15) is 14.4 Å². The first kappa shape index (κ1) is 24.7. The molecule has 1 heterocycles. The smallest absolute Gasteiger partial charge is 0.407 e. The van der Waals surface area contributed by atoms with Crippen LogP contribution in [0, 0.1) is 0 Å². The molecule has 1 aliphatic carbocycles. The molecule has 35 heavy (non-hydrogen) atoms. The average Bonchev–Trinajstić information content (AvgIpc) is 3.18. The molecule has 2 aliphatic rings. The fourth-order valence-corrected chi connectivity index (χ4v) is 4.99. The Kier molecular flexibility index (Phi) is 8.02. The normalized spacial score (nSPS) is 16.3. The molecule has 0 radical (unpaired) electrons. The number of nitrogens with one attached hydrogen (secondary N) is 1. The minimum atomic E-state index is -0.873. The number of rotatable bonds is 9. The number of amides is 2. The zero-order valence-electron chi connectivity index (χ0n) is 20.1. The molecule has 2 aromatic carbocycles. The Morgan fingerprint density at radius 1 is 1.00 bits per heavy atom. The standard InChI is InChI=1S/C27H33N3O5/c1-2-3-12-24(26(33)30-15-13-29(14-16-30)17-25(31)32)28-27(34)35-18-23-21-10-6-4-8-19(21)20-9-5-7-11-22(20)23/h4-11,23-24H,2-3,12-18H2,1H3,(H,28,34)(H,31,32). The van der Waals surface area contributed by atoms with Crippen LogP contribution in [0.15, 0.2) is 48.5 Å². The number of carboxylic acid groups (broad SMARTS) is 1. The molecule has 1 aliphatic heterocycles. The summed E-state index contributed by atoms with van der Waals surface area (Å²) in [7, 11) is 0. The van der Waals surface area contributed by atoms with Gasteiger partial charge in [-0.05, 0) is 28.7 Å². The molecule has 1 saturated heterocycles. The third kappa shape index (κ3) is 5.82. The Hall–Kier alpha value is -3.39. The molecule has 0 saturated carbocycles. The Morgan fingerprint density at radius 2 is 1.60 bits per heavy atom. The predicted molar refractivity (Wildman–Crippen MR) is 132 cm³/mol. The van der Waals surface area contributed by atoms with E-state index < -0.39 is 18.1 Å². The number of hydrogen-bond acceptors (Lipinski definition) is 5. The van der Waals surface area contributed by atoms with Gasteiger partial charge in [-0.3, -0.25) is 14.5 Å². The van der Waals surface area contributed by atoms with Crippen LogP contribution >= 0.6 is 0 Å². The molecule has 2 aromatic rings. The summed E-state index contributed by atoms with van der Waals surface area (Å²) < 4.78 is 5.65. The number of nitrogens with zero attached hydrogens (tertiary/aromatic N) is 2. The Morgan fingerprint density at radius 3 is 2.17 bits per heavy atom. The van der Waals surface area contributed by atoms with Crippen LogP contribution in [0.25, 0.3) is 11.1 Å². The highest BCUT2D eigenvalue weighted by atomic mass is 16.5. The maximum Gasteiger partial charge on any atom is 0.407 e. The first-order valence-corrected chi connectivity index (χ1v) is 12.3. The van der Waals surface area contributed by atoms with E-state index in [0.717, 1.165) is 35.1 Å². The number of alkyl carbamates (subject to hydrolysis) is 1. The van der Waals surface area contributed by atoms with E-state index in [-0.39, 0.29) is 25.0 Å². The lowest BCUT2D eigenvalue weighted by atomic mass is 9.98.